The van der Waals surface area contributed by atoms with Gasteiger partial charge in [-0.1, -0.05) is 30.3 Å². The third-order valence-electron chi connectivity index (χ3n) is 2.63. The van der Waals surface area contributed by atoms with Crippen molar-refractivity contribution < 1.29 is 23.9 Å². The van der Waals surface area contributed by atoms with Gasteiger partial charge in [0.15, 0.2) is 0 Å². The summed E-state index contributed by atoms with van der Waals surface area (Å²) in [6.45, 7) is 5.41. The van der Waals surface area contributed by atoms with Crippen molar-refractivity contribution in [2.24, 2.45) is 0 Å². The van der Waals surface area contributed by atoms with E-state index in [1.54, 1.807) is 32.9 Å². The molecule has 2 amide bonds. The van der Waals surface area contributed by atoms with E-state index in [4.69, 9.17) is 4.74 Å². The number of ether oxygens (including phenoxy) is 2. The van der Waals surface area contributed by atoms with Gasteiger partial charge in [0.2, 0.25) is 5.91 Å². The molecule has 0 aliphatic carbocycles. The van der Waals surface area contributed by atoms with Crippen LogP contribution in [0.25, 0.3) is 0 Å². The number of alkyl carbamates (subject to hydrolysis) is 1. The molecule has 0 spiro atoms. The van der Waals surface area contributed by atoms with Crippen LogP contribution in [0.2, 0.25) is 0 Å². The summed E-state index contributed by atoms with van der Waals surface area (Å²) in [5.41, 5.74) is 0.00172. The average molecular weight is 334 g/mol. The quantitative estimate of drug-likeness (QED) is 0.633. The minimum absolute atomic E-state index is 0.0370. The van der Waals surface area contributed by atoms with Crippen molar-refractivity contribution in [1.29, 1.82) is 0 Å². The minimum Gasteiger partial charge on any atom is -0.464 e. The van der Waals surface area contributed by atoms with Crippen LogP contribution in [-0.4, -0.2) is 30.6 Å². The molecule has 0 fully saturated rings. The van der Waals surface area contributed by atoms with Gasteiger partial charge in [-0.15, -0.1) is 0 Å². The molecule has 0 heterocycles. The van der Waals surface area contributed by atoms with Gasteiger partial charge >= 0.3 is 12.1 Å². The van der Waals surface area contributed by atoms with E-state index in [0.717, 1.165) is 18.7 Å². The molecular formula is C17H22N2O5. The Kier molecular flexibility index (Phi) is 6.98. The van der Waals surface area contributed by atoms with E-state index in [1.165, 1.54) is 0 Å². The Hall–Kier alpha value is -2.83. The zero-order valence-corrected chi connectivity index (χ0v) is 14.2. The highest BCUT2D eigenvalue weighted by molar-refractivity contribution is 6.00. The van der Waals surface area contributed by atoms with E-state index in [1.807, 2.05) is 18.2 Å². The van der Waals surface area contributed by atoms with Crippen LogP contribution in [0.5, 0.6) is 0 Å². The topological polar surface area (TPSA) is 93.7 Å². The van der Waals surface area contributed by atoms with Gasteiger partial charge in [-0.05, 0) is 26.3 Å². The normalized spacial score (nSPS) is 11.4. The standard InChI is InChI=1S/C17H22N2O5/c1-17(2,3)19-14(20)10-13(15(21)23-4)18-16(22)24-11-12-8-6-5-7-9-12/h5-10H,11H2,1-4H3,(H,18,22)(H,19,20)/b13-10-. The molecule has 0 radical (unpaired) electrons. The van der Waals surface area contributed by atoms with Crippen LogP contribution in [0.3, 0.4) is 0 Å². The highest BCUT2D eigenvalue weighted by Crippen LogP contribution is 2.03. The summed E-state index contributed by atoms with van der Waals surface area (Å²) in [5.74, 6) is -1.39. The molecule has 0 aliphatic rings. The van der Waals surface area contributed by atoms with Crippen LogP contribution >= 0.6 is 0 Å². The maximum atomic E-state index is 11.9. The van der Waals surface area contributed by atoms with Gasteiger partial charge in [0.25, 0.3) is 0 Å². The van der Waals surface area contributed by atoms with Gasteiger partial charge < -0.3 is 14.8 Å². The number of rotatable bonds is 5. The minimum atomic E-state index is -0.862. The summed E-state index contributed by atoms with van der Waals surface area (Å²) in [5, 5.41) is 4.86. The highest BCUT2D eigenvalue weighted by atomic mass is 16.6. The SMILES string of the molecule is COC(=O)/C(=C/C(=O)NC(C)(C)C)NC(=O)OCc1ccccc1. The number of esters is 1. The number of benzene rings is 1. The van der Waals surface area contributed by atoms with Crippen molar-refractivity contribution in [2.75, 3.05) is 7.11 Å². The highest BCUT2D eigenvalue weighted by Gasteiger charge is 2.18. The van der Waals surface area contributed by atoms with Crippen molar-refractivity contribution in [3.63, 3.8) is 0 Å². The van der Waals surface area contributed by atoms with Gasteiger partial charge in [-0.3, -0.25) is 10.1 Å². The fourth-order valence-electron chi connectivity index (χ4n) is 1.66. The molecule has 1 aromatic carbocycles. The number of hydrogen-bond donors (Lipinski definition) is 2. The first-order chi connectivity index (χ1) is 11.2. The second-order valence-electron chi connectivity index (χ2n) is 5.98. The maximum absolute atomic E-state index is 11.9. The molecule has 0 unspecified atom stereocenters. The van der Waals surface area contributed by atoms with Crippen LogP contribution in [0.4, 0.5) is 4.79 Å². The van der Waals surface area contributed by atoms with Gasteiger partial charge in [0.05, 0.1) is 7.11 Å². The molecule has 0 saturated carbocycles. The monoisotopic (exact) mass is 334 g/mol. The number of amides is 2. The predicted molar refractivity (Wildman–Crippen MR) is 87.8 cm³/mol. The van der Waals surface area contributed by atoms with Gasteiger partial charge in [0.1, 0.15) is 12.3 Å². The first kappa shape index (κ1) is 19.2. The van der Waals surface area contributed by atoms with E-state index < -0.39 is 23.5 Å². The Labute approximate surface area is 141 Å². The molecule has 0 aromatic heterocycles. The molecule has 1 aromatic rings. The van der Waals surface area contributed by atoms with Crippen molar-refractivity contribution in [3.8, 4) is 0 Å². The molecule has 2 N–H and O–H groups in total. The fourth-order valence-corrected chi connectivity index (χ4v) is 1.66. The summed E-state index contributed by atoms with van der Waals surface area (Å²) in [6.07, 6.45) is 0.0972. The predicted octanol–water partition coefficient (Wildman–Crippen LogP) is 1.88. The van der Waals surface area contributed by atoms with Crippen LogP contribution in [-0.2, 0) is 25.7 Å². The first-order valence-corrected chi connectivity index (χ1v) is 7.31. The lowest BCUT2D eigenvalue weighted by atomic mass is 10.1. The fraction of sp³-hybridized carbons (Fsp3) is 0.353. The molecule has 130 valence electrons. The summed E-state index contributed by atoms with van der Waals surface area (Å²) < 4.78 is 9.55. The summed E-state index contributed by atoms with van der Waals surface area (Å²) >= 11 is 0. The number of carbonyl (C=O) groups excluding carboxylic acids is 3. The Morgan fingerprint density at radius 2 is 1.75 bits per heavy atom. The largest absolute Gasteiger partial charge is 0.464 e. The Morgan fingerprint density at radius 3 is 2.29 bits per heavy atom. The van der Waals surface area contributed by atoms with Gasteiger partial charge in [0, 0.05) is 11.6 Å². The molecule has 24 heavy (non-hydrogen) atoms. The van der Waals surface area contributed by atoms with Gasteiger partial charge in [-0.25, -0.2) is 9.59 Å². The lowest BCUT2D eigenvalue weighted by Crippen LogP contribution is -2.40. The smallest absolute Gasteiger partial charge is 0.412 e. The lowest BCUT2D eigenvalue weighted by Gasteiger charge is -2.19. The van der Waals surface area contributed by atoms with E-state index >= 15 is 0 Å². The molecule has 0 bridgehead atoms. The number of hydrogen-bond acceptors (Lipinski definition) is 5. The molecule has 0 atom stereocenters. The maximum Gasteiger partial charge on any atom is 0.412 e. The molecular weight excluding hydrogens is 312 g/mol. The van der Waals surface area contributed by atoms with Crippen LogP contribution < -0.4 is 10.6 Å². The third kappa shape index (κ3) is 7.44. The van der Waals surface area contributed by atoms with Gasteiger partial charge in [-0.2, -0.15) is 0 Å². The molecule has 1 rings (SSSR count). The number of nitrogens with one attached hydrogen (secondary N) is 2. The van der Waals surface area contributed by atoms with Crippen molar-refractivity contribution in [1.82, 2.24) is 10.6 Å². The second-order valence-corrected chi connectivity index (χ2v) is 5.98. The van der Waals surface area contributed by atoms with Crippen LogP contribution in [0.1, 0.15) is 26.3 Å². The molecule has 7 heteroatoms. The molecule has 0 saturated heterocycles. The van der Waals surface area contributed by atoms with Crippen molar-refractivity contribution in [2.45, 2.75) is 32.9 Å². The summed E-state index contributed by atoms with van der Waals surface area (Å²) in [6, 6.07) is 9.05. The van der Waals surface area contributed by atoms with E-state index in [-0.39, 0.29) is 12.3 Å². The second kappa shape index (κ2) is 8.71. The zero-order chi connectivity index (χ0) is 18.2. The van der Waals surface area contributed by atoms with Crippen LogP contribution in [0, 0.1) is 0 Å². The van der Waals surface area contributed by atoms with Crippen molar-refractivity contribution >= 4 is 18.0 Å². The third-order valence-corrected chi connectivity index (χ3v) is 2.63. The lowest BCUT2D eigenvalue weighted by molar-refractivity contribution is -0.136. The van der Waals surface area contributed by atoms with E-state index in [9.17, 15) is 14.4 Å². The first-order valence-electron chi connectivity index (χ1n) is 7.31. The Balaban J connectivity index is 2.70. The summed E-state index contributed by atoms with van der Waals surface area (Å²) in [4.78, 5) is 35.3. The zero-order valence-electron chi connectivity index (χ0n) is 14.2. The number of methoxy groups -OCH3 is 1. The van der Waals surface area contributed by atoms with Crippen molar-refractivity contribution in [3.05, 3.63) is 47.7 Å². The van der Waals surface area contributed by atoms with Crippen LogP contribution in [0.15, 0.2) is 42.1 Å². The molecule has 0 aliphatic heterocycles. The average Bonchev–Trinajstić information content (AvgIpc) is 2.50. The van der Waals surface area contributed by atoms with E-state index in [2.05, 4.69) is 15.4 Å². The Bertz CT molecular complexity index is 618. The number of carbonyl (C=O) groups is 3. The van der Waals surface area contributed by atoms with E-state index in [0.29, 0.717) is 0 Å². The Morgan fingerprint density at radius 1 is 1.12 bits per heavy atom. The summed E-state index contributed by atoms with van der Waals surface area (Å²) in [7, 11) is 1.15. The molecule has 7 nitrogen and oxygen atoms in total.